The number of hydrogen-bond donors (Lipinski definition) is 1. The number of hydrogen-bond acceptors (Lipinski definition) is 6. The third kappa shape index (κ3) is 2.38. The minimum absolute atomic E-state index is 0.338. The van der Waals surface area contributed by atoms with Gasteiger partial charge in [-0.15, -0.1) is 11.3 Å². The summed E-state index contributed by atoms with van der Waals surface area (Å²) in [5.41, 5.74) is 3.04. The topological polar surface area (TPSA) is 64.6 Å². The number of thiophene rings is 1. The van der Waals surface area contributed by atoms with Gasteiger partial charge in [0.25, 0.3) is 0 Å². The molecule has 1 aliphatic heterocycles. The number of aryl methyl sites for hydroxylation is 1. The number of benzene rings is 1. The van der Waals surface area contributed by atoms with Crippen LogP contribution >= 0.6 is 11.3 Å². The number of fused-ring (bicyclic) bond motifs is 2. The fourth-order valence-corrected chi connectivity index (χ4v) is 4.65. The number of ether oxygens (including phenoxy) is 2. The van der Waals surface area contributed by atoms with Crippen LogP contribution in [0.1, 0.15) is 55.8 Å². The normalized spacial score (nSPS) is 18.5. The smallest absolute Gasteiger partial charge is 0.341 e. The number of rotatable bonds is 3. The van der Waals surface area contributed by atoms with E-state index in [9.17, 15) is 9.59 Å². The second kappa shape index (κ2) is 5.94. The van der Waals surface area contributed by atoms with Crippen molar-refractivity contribution in [1.82, 2.24) is 0 Å². The Morgan fingerprint density at radius 2 is 2.08 bits per heavy atom. The highest BCUT2D eigenvalue weighted by Crippen LogP contribution is 2.41. The lowest BCUT2D eigenvalue weighted by atomic mass is 9.95. The molecule has 4 rings (SSSR count). The van der Waals surface area contributed by atoms with Gasteiger partial charge in [-0.05, 0) is 37.3 Å². The molecular formula is C18H17NO4S. The minimum Gasteiger partial charge on any atom is -0.465 e. The maximum atomic E-state index is 12.3. The molecule has 0 radical (unpaired) electrons. The van der Waals surface area contributed by atoms with E-state index in [1.54, 1.807) is 17.4 Å². The van der Waals surface area contributed by atoms with Gasteiger partial charge in [0.1, 0.15) is 5.00 Å². The van der Waals surface area contributed by atoms with Crippen LogP contribution in [0.15, 0.2) is 24.3 Å². The summed E-state index contributed by atoms with van der Waals surface area (Å²) in [6, 6.07) is 7.30. The van der Waals surface area contributed by atoms with Crippen LogP contribution in [0.5, 0.6) is 0 Å². The molecule has 1 aromatic heterocycles. The Morgan fingerprint density at radius 1 is 1.29 bits per heavy atom. The summed E-state index contributed by atoms with van der Waals surface area (Å²) in [5.74, 6) is -0.682. The van der Waals surface area contributed by atoms with E-state index in [-0.39, 0.29) is 11.9 Å². The Labute approximate surface area is 143 Å². The summed E-state index contributed by atoms with van der Waals surface area (Å²) < 4.78 is 10.4. The van der Waals surface area contributed by atoms with Crippen molar-refractivity contribution in [3.8, 4) is 0 Å². The lowest BCUT2D eigenvalue weighted by molar-refractivity contribution is 0.0437. The average molecular weight is 343 g/mol. The van der Waals surface area contributed by atoms with Crippen molar-refractivity contribution in [2.24, 2.45) is 0 Å². The van der Waals surface area contributed by atoms with Crippen LogP contribution in [-0.2, 0) is 22.3 Å². The second-order valence-electron chi connectivity index (χ2n) is 5.92. The Bertz CT molecular complexity index is 826. The van der Waals surface area contributed by atoms with Gasteiger partial charge in [0.05, 0.1) is 18.2 Å². The summed E-state index contributed by atoms with van der Waals surface area (Å²) in [6.45, 7) is 0. The SMILES string of the molecule is COC(=O)c1c(NC2OC(=O)c3ccccc32)sc2c1CCCC2. The first-order valence-corrected chi connectivity index (χ1v) is 8.80. The molecule has 0 saturated heterocycles. The number of anilines is 1. The van der Waals surface area contributed by atoms with E-state index in [2.05, 4.69) is 5.32 Å². The quantitative estimate of drug-likeness (QED) is 0.861. The van der Waals surface area contributed by atoms with Gasteiger partial charge in [-0.3, -0.25) is 0 Å². The van der Waals surface area contributed by atoms with E-state index in [0.29, 0.717) is 11.1 Å². The van der Waals surface area contributed by atoms with E-state index in [4.69, 9.17) is 9.47 Å². The summed E-state index contributed by atoms with van der Waals surface area (Å²) in [5, 5.41) is 3.97. The molecule has 0 saturated carbocycles. The molecule has 124 valence electrons. The fourth-order valence-electron chi connectivity index (χ4n) is 3.36. The molecule has 2 aliphatic rings. The van der Waals surface area contributed by atoms with Gasteiger partial charge in [0.15, 0.2) is 0 Å². The highest BCUT2D eigenvalue weighted by molar-refractivity contribution is 7.16. The lowest BCUT2D eigenvalue weighted by Crippen LogP contribution is -2.14. The molecule has 0 spiro atoms. The predicted octanol–water partition coefficient (Wildman–Crippen LogP) is 3.69. The first-order chi connectivity index (χ1) is 11.7. The number of esters is 2. The Hall–Kier alpha value is -2.34. The molecule has 5 nitrogen and oxygen atoms in total. The third-order valence-electron chi connectivity index (χ3n) is 4.51. The van der Waals surface area contributed by atoms with Crippen molar-refractivity contribution in [1.29, 1.82) is 0 Å². The fraction of sp³-hybridized carbons (Fsp3) is 0.333. The van der Waals surface area contributed by atoms with Gasteiger partial charge in [0.2, 0.25) is 6.23 Å². The minimum atomic E-state index is -0.572. The summed E-state index contributed by atoms with van der Waals surface area (Å²) in [4.78, 5) is 25.5. The molecule has 1 aromatic carbocycles. The molecule has 2 heterocycles. The first kappa shape index (κ1) is 15.2. The maximum absolute atomic E-state index is 12.3. The van der Waals surface area contributed by atoms with Gasteiger partial charge in [0, 0.05) is 10.4 Å². The molecule has 0 bridgehead atoms. The van der Waals surface area contributed by atoms with Crippen molar-refractivity contribution >= 4 is 28.3 Å². The van der Waals surface area contributed by atoms with Crippen molar-refractivity contribution in [3.05, 3.63) is 51.4 Å². The molecule has 24 heavy (non-hydrogen) atoms. The standard InChI is InChI=1S/C18H17NO4S/c1-22-18(21)14-12-8-4-5-9-13(12)24-16(14)19-15-10-6-2-3-7-11(10)17(20)23-15/h2-3,6-7,15,19H,4-5,8-9H2,1H3. The summed E-state index contributed by atoms with van der Waals surface area (Å²) >= 11 is 1.57. The van der Waals surface area contributed by atoms with E-state index in [1.165, 1.54) is 12.0 Å². The van der Waals surface area contributed by atoms with Gasteiger partial charge in [-0.2, -0.15) is 0 Å². The number of nitrogens with one attached hydrogen (secondary N) is 1. The predicted molar refractivity (Wildman–Crippen MR) is 90.5 cm³/mol. The highest BCUT2D eigenvalue weighted by atomic mass is 32.1. The van der Waals surface area contributed by atoms with Crippen LogP contribution in [0.3, 0.4) is 0 Å². The van der Waals surface area contributed by atoms with E-state index >= 15 is 0 Å². The zero-order valence-corrected chi connectivity index (χ0v) is 14.1. The molecular weight excluding hydrogens is 326 g/mol. The number of cyclic esters (lactones) is 1. The zero-order chi connectivity index (χ0) is 16.7. The Kier molecular flexibility index (Phi) is 3.76. The van der Waals surface area contributed by atoms with Gasteiger partial charge in [-0.25, -0.2) is 9.59 Å². The van der Waals surface area contributed by atoms with E-state index in [0.717, 1.165) is 41.8 Å². The van der Waals surface area contributed by atoms with Crippen LogP contribution in [0, 0.1) is 0 Å². The number of carbonyl (C=O) groups excluding carboxylic acids is 2. The van der Waals surface area contributed by atoms with Crippen molar-refractivity contribution in [2.75, 3.05) is 12.4 Å². The maximum Gasteiger partial charge on any atom is 0.341 e. The van der Waals surface area contributed by atoms with Crippen molar-refractivity contribution in [3.63, 3.8) is 0 Å². The molecule has 0 fully saturated rings. The van der Waals surface area contributed by atoms with Gasteiger partial charge in [-0.1, -0.05) is 18.2 Å². The zero-order valence-electron chi connectivity index (χ0n) is 13.3. The van der Waals surface area contributed by atoms with Gasteiger partial charge >= 0.3 is 11.9 Å². The monoisotopic (exact) mass is 343 g/mol. The lowest BCUT2D eigenvalue weighted by Gasteiger charge is -2.15. The van der Waals surface area contributed by atoms with Crippen LogP contribution in [0.4, 0.5) is 5.00 Å². The molecule has 1 aliphatic carbocycles. The molecule has 0 amide bonds. The molecule has 1 N–H and O–H groups in total. The Balaban J connectivity index is 1.72. The Morgan fingerprint density at radius 3 is 2.92 bits per heavy atom. The number of carbonyl (C=O) groups is 2. The number of methoxy groups -OCH3 is 1. The van der Waals surface area contributed by atoms with Crippen LogP contribution in [0.2, 0.25) is 0 Å². The molecule has 2 aromatic rings. The van der Waals surface area contributed by atoms with Crippen molar-refractivity contribution < 1.29 is 19.1 Å². The van der Waals surface area contributed by atoms with Crippen LogP contribution in [-0.4, -0.2) is 19.0 Å². The van der Waals surface area contributed by atoms with Crippen molar-refractivity contribution in [2.45, 2.75) is 31.9 Å². The second-order valence-corrected chi connectivity index (χ2v) is 7.03. The highest BCUT2D eigenvalue weighted by Gasteiger charge is 2.33. The molecule has 1 unspecified atom stereocenters. The molecule has 6 heteroatoms. The van der Waals surface area contributed by atoms with Crippen LogP contribution < -0.4 is 5.32 Å². The van der Waals surface area contributed by atoms with E-state index < -0.39 is 6.23 Å². The largest absolute Gasteiger partial charge is 0.465 e. The third-order valence-corrected chi connectivity index (χ3v) is 5.73. The molecule has 1 atom stereocenters. The average Bonchev–Trinajstić information content (AvgIpc) is 3.13. The van der Waals surface area contributed by atoms with Gasteiger partial charge < -0.3 is 14.8 Å². The van der Waals surface area contributed by atoms with Crippen LogP contribution in [0.25, 0.3) is 0 Å². The first-order valence-electron chi connectivity index (χ1n) is 7.98. The summed E-state index contributed by atoms with van der Waals surface area (Å²) in [6.07, 6.45) is 3.51. The summed E-state index contributed by atoms with van der Waals surface area (Å²) in [7, 11) is 1.39. The van der Waals surface area contributed by atoms with E-state index in [1.807, 2.05) is 18.2 Å².